The summed E-state index contributed by atoms with van der Waals surface area (Å²) in [6, 6.07) is 55.6. The number of benzene rings is 7. The molecule has 8 aromatic rings. The summed E-state index contributed by atoms with van der Waals surface area (Å²) >= 11 is 0. The van der Waals surface area contributed by atoms with Crippen LogP contribution in [0.1, 0.15) is 30.9 Å². The van der Waals surface area contributed by atoms with Crippen LogP contribution in [-0.4, -0.2) is 4.57 Å². The molecule has 0 spiro atoms. The normalized spacial score (nSPS) is 18.0. The molecule has 59 heavy (non-hydrogen) atoms. The van der Waals surface area contributed by atoms with Crippen molar-refractivity contribution in [2.45, 2.75) is 25.3 Å². The first-order valence-corrected chi connectivity index (χ1v) is 21.0. The minimum Gasteiger partial charge on any atom is -0.397 e. The van der Waals surface area contributed by atoms with Crippen LogP contribution in [0.3, 0.4) is 0 Å². The summed E-state index contributed by atoms with van der Waals surface area (Å²) in [6.45, 7) is 0. The Bertz CT molecular complexity index is 3000. The Balaban J connectivity index is 0.970. The lowest BCUT2D eigenvalue weighted by atomic mass is 9.75. The highest BCUT2D eigenvalue weighted by Gasteiger charge is 2.31. The molecule has 0 amide bonds. The van der Waals surface area contributed by atoms with Crippen LogP contribution in [0, 0.1) is 11.8 Å². The zero-order valence-corrected chi connectivity index (χ0v) is 32.9. The fourth-order valence-corrected chi connectivity index (χ4v) is 9.82. The van der Waals surface area contributed by atoms with Gasteiger partial charge >= 0.3 is 0 Å². The minimum absolute atomic E-state index is 0.0588. The lowest BCUT2D eigenvalue weighted by molar-refractivity contribution is 0.415. The van der Waals surface area contributed by atoms with Crippen LogP contribution in [0.4, 0.5) is 0 Å². The van der Waals surface area contributed by atoms with E-state index in [2.05, 4.69) is 210 Å². The van der Waals surface area contributed by atoms with Gasteiger partial charge in [0.25, 0.3) is 0 Å². The number of hydrogen-bond donors (Lipinski definition) is 2. The standard InChI is InChI=1S/C56H45N3/c57-49-20-10-11-21-50(49)58-51(43-28-26-40(27-29-43)39-24-22-38(23-25-39)37-12-2-1-3-13-37)36-44-32-33-52(48-19-9-8-16-45(44)48)59-53-34-30-41-14-4-6-17-46(41)55(53)56-47-18-7-5-15-42(47)31-35-54(56)59/h1-9,12-35,44-45,51,58H,10-11,36,57H2. The quantitative estimate of drug-likeness (QED) is 0.162. The second-order valence-corrected chi connectivity index (χ2v) is 16.2. The van der Waals surface area contributed by atoms with Crippen molar-refractivity contribution in [2.75, 3.05) is 0 Å². The number of allylic oxidation sites excluding steroid dienone is 10. The van der Waals surface area contributed by atoms with Gasteiger partial charge in [0.05, 0.1) is 28.5 Å². The molecular formula is C56H45N3. The Kier molecular flexibility index (Phi) is 8.73. The second-order valence-electron chi connectivity index (χ2n) is 16.2. The zero-order valence-electron chi connectivity index (χ0n) is 32.9. The van der Waals surface area contributed by atoms with Crippen molar-refractivity contribution in [3.63, 3.8) is 0 Å². The molecule has 3 aliphatic rings. The Hall–Kier alpha value is -7.10. The molecular weight excluding hydrogens is 715 g/mol. The highest BCUT2D eigenvalue weighted by molar-refractivity contribution is 6.29. The van der Waals surface area contributed by atoms with Crippen LogP contribution < -0.4 is 11.1 Å². The van der Waals surface area contributed by atoms with Gasteiger partial charge in [-0.15, -0.1) is 0 Å². The highest BCUT2D eigenvalue weighted by Crippen LogP contribution is 2.46. The predicted octanol–water partition coefficient (Wildman–Crippen LogP) is 13.8. The first-order valence-electron chi connectivity index (χ1n) is 21.0. The van der Waals surface area contributed by atoms with Gasteiger partial charge in [-0.1, -0.05) is 182 Å². The molecule has 7 aromatic carbocycles. The molecule has 284 valence electrons. The van der Waals surface area contributed by atoms with E-state index in [4.69, 9.17) is 5.73 Å². The summed E-state index contributed by atoms with van der Waals surface area (Å²) in [5.74, 6) is 0.482. The lowest BCUT2D eigenvalue weighted by Crippen LogP contribution is -2.29. The maximum atomic E-state index is 6.62. The van der Waals surface area contributed by atoms with Gasteiger partial charge in [0.1, 0.15) is 0 Å². The molecule has 0 aliphatic heterocycles. The van der Waals surface area contributed by atoms with E-state index in [1.165, 1.54) is 82.4 Å². The van der Waals surface area contributed by atoms with Gasteiger partial charge in [-0.3, -0.25) is 0 Å². The van der Waals surface area contributed by atoms with E-state index in [9.17, 15) is 0 Å². The molecule has 3 atom stereocenters. The van der Waals surface area contributed by atoms with Crippen molar-refractivity contribution in [1.29, 1.82) is 0 Å². The predicted molar refractivity (Wildman–Crippen MR) is 249 cm³/mol. The second kappa shape index (κ2) is 14.7. The smallest absolute Gasteiger partial charge is 0.0547 e. The molecule has 3 N–H and O–H groups in total. The van der Waals surface area contributed by atoms with E-state index in [1.54, 1.807) is 0 Å². The van der Waals surface area contributed by atoms with Crippen molar-refractivity contribution in [1.82, 2.24) is 9.88 Å². The fourth-order valence-electron chi connectivity index (χ4n) is 9.82. The van der Waals surface area contributed by atoms with Crippen LogP contribution in [-0.2, 0) is 0 Å². The van der Waals surface area contributed by atoms with Gasteiger partial charge in [-0.05, 0) is 98.3 Å². The fraction of sp³-hybridized carbons (Fsp3) is 0.107. The molecule has 3 heteroatoms. The summed E-state index contributed by atoms with van der Waals surface area (Å²) < 4.78 is 2.53. The molecule has 3 nitrogen and oxygen atoms in total. The molecule has 1 heterocycles. The third kappa shape index (κ3) is 6.22. The maximum absolute atomic E-state index is 6.62. The topological polar surface area (TPSA) is 43.0 Å². The van der Waals surface area contributed by atoms with Gasteiger partial charge in [-0.25, -0.2) is 0 Å². The highest BCUT2D eigenvalue weighted by atomic mass is 15.0. The largest absolute Gasteiger partial charge is 0.397 e. The van der Waals surface area contributed by atoms with Crippen LogP contribution in [0.2, 0.25) is 0 Å². The molecule has 0 fully saturated rings. The van der Waals surface area contributed by atoms with E-state index in [1.807, 2.05) is 0 Å². The lowest BCUT2D eigenvalue weighted by Gasteiger charge is -2.34. The molecule has 3 aliphatic carbocycles. The monoisotopic (exact) mass is 759 g/mol. The summed E-state index contributed by atoms with van der Waals surface area (Å²) in [5, 5.41) is 11.7. The van der Waals surface area contributed by atoms with E-state index in [0.29, 0.717) is 0 Å². The summed E-state index contributed by atoms with van der Waals surface area (Å²) in [7, 11) is 0. The molecule has 0 bridgehead atoms. The van der Waals surface area contributed by atoms with E-state index >= 15 is 0 Å². The number of aromatic nitrogens is 1. The first kappa shape index (κ1) is 35.1. The number of nitrogens with two attached hydrogens (primary N) is 1. The van der Waals surface area contributed by atoms with E-state index in [-0.39, 0.29) is 17.9 Å². The van der Waals surface area contributed by atoms with Gasteiger partial charge in [0.2, 0.25) is 0 Å². The van der Waals surface area contributed by atoms with Gasteiger partial charge in [0, 0.05) is 22.4 Å². The summed E-state index contributed by atoms with van der Waals surface area (Å²) in [4.78, 5) is 0. The number of nitrogens with one attached hydrogen (secondary N) is 1. The van der Waals surface area contributed by atoms with Crippen molar-refractivity contribution < 1.29 is 0 Å². The third-order valence-electron chi connectivity index (χ3n) is 12.8. The number of fused-ring (bicyclic) bond motifs is 8. The number of nitrogens with zero attached hydrogens (tertiary/aromatic N) is 1. The maximum Gasteiger partial charge on any atom is 0.0547 e. The van der Waals surface area contributed by atoms with E-state index < -0.39 is 0 Å². The van der Waals surface area contributed by atoms with Crippen LogP contribution in [0.5, 0.6) is 0 Å². The SMILES string of the molecule is NC1=CCCC=C1NC(CC1C=CC(n2c3ccc4ccccc4c3c3c4ccccc4ccc32)=C2C=CC=CC21)c1ccc(-c2ccc(-c3ccccc3)cc2)cc1. The third-order valence-corrected chi connectivity index (χ3v) is 12.8. The van der Waals surface area contributed by atoms with Gasteiger partial charge in [-0.2, -0.15) is 0 Å². The minimum atomic E-state index is 0.0588. The Morgan fingerprint density at radius 3 is 1.78 bits per heavy atom. The molecule has 0 radical (unpaired) electrons. The average molecular weight is 760 g/mol. The molecule has 0 saturated heterocycles. The summed E-state index contributed by atoms with van der Waals surface area (Å²) in [5.41, 5.74) is 19.7. The summed E-state index contributed by atoms with van der Waals surface area (Å²) in [6.07, 6.45) is 21.4. The molecule has 11 rings (SSSR count). The zero-order chi connectivity index (χ0) is 39.3. The van der Waals surface area contributed by atoms with Gasteiger partial charge in [0.15, 0.2) is 0 Å². The molecule has 1 aromatic heterocycles. The number of hydrogen-bond acceptors (Lipinski definition) is 2. The van der Waals surface area contributed by atoms with Crippen LogP contribution >= 0.6 is 0 Å². The van der Waals surface area contributed by atoms with Crippen molar-refractivity contribution in [2.24, 2.45) is 17.6 Å². The molecule has 0 saturated carbocycles. The van der Waals surface area contributed by atoms with Crippen LogP contribution in [0.25, 0.3) is 71.3 Å². The number of rotatable bonds is 8. The van der Waals surface area contributed by atoms with Crippen molar-refractivity contribution in [3.05, 3.63) is 223 Å². The average Bonchev–Trinajstić information content (AvgIpc) is 3.65. The first-order chi connectivity index (χ1) is 29.2. The molecule has 3 unspecified atom stereocenters. The van der Waals surface area contributed by atoms with E-state index in [0.717, 1.165) is 30.7 Å². The Morgan fingerprint density at radius 2 is 1.14 bits per heavy atom. The Morgan fingerprint density at radius 1 is 0.559 bits per heavy atom. The van der Waals surface area contributed by atoms with Crippen molar-refractivity contribution >= 4 is 49.0 Å². The van der Waals surface area contributed by atoms with Gasteiger partial charge < -0.3 is 15.6 Å². The Labute approximate surface area is 345 Å². The van der Waals surface area contributed by atoms with Crippen molar-refractivity contribution in [3.8, 4) is 22.3 Å². The van der Waals surface area contributed by atoms with Crippen LogP contribution in [0.15, 0.2) is 217 Å².